The van der Waals surface area contributed by atoms with Crippen molar-refractivity contribution >= 4 is 0 Å². The lowest BCUT2D eigenvalue weighted by Gasteiger charge is -2.10. The van der Waals surface area contributed by atoms with E-state index >= 15 is 0 Å². The van der Waals surface area contributed by atoms with Crippen LogP contribution in [0, 0.1) is 11.8 Å². The van der Waals surface area contributed by atoms with Crippen LogP contribution in [0.3, 0.4) is 0 Å². The van der Waals surface area contributed by atoms with Gasteiger partial charge in [0.1, 0.15) is 0 Å². The first-order valence-electron chi connectivity index (χ1n) is 8.64. The van der Waals surface area contributed by atoms with Gasteiger partial charge in [-0.3, -0.25) is 5.10 Å². The number of aromatic nitrogens is 2. The monoisotopic (exact) mass is 294 g/mol. The molecule has 3 heteroatoms. The second kappa shape index (κ2) is 10.8. The molecule has 3 nitrogen and oxygen atoms in total. The van der Waals surface area contributed by atoms with Crippen LogP contribution in [0.1, 0.15) is 70.7 Å². The molecule has 0 aromatic carbocycles. The number of rotatable bonds is 12. The number of aryl methyl sites for hydroxylation is 1. The summed E-state index contributed by atoms with van der Waals surface area (Å²) in [5.74, 6) is 1.60. The normalized spacial score (nSPS) is 13.0. The number of ether oxygens (including phenoxy) is 1. The van der Waals surface area contributed by atoms with Gasteiger partial charge in [-0.25, -0.2) is 0 Å². The first-order chi connectivity index (χ1) is 10.1. The van der Waals surface area contributed by atoms with Crippen molar-refractivity contribution < 1.29 is 4.74 Å². The van der Waals surface area contributed by atoms with Gasteiger partial charge >= 0.3 is 0 Å². The van der Waals surface area contributed by atoms with Crippen molar-refractivity contribution in [2.75, 3.05) is 13.7 Å². The molecule has 0 saturated carbocycles. The largest absolute Gasteiger partial charge is 0.385 e. The van der Waals surface area contributed by atoms with Crippen molar-refractivity contribution in [1.82, 2.24) is 10.2 Å². The van der Waals surface area contributed by atoms with E-state index in [0.29, 0.717) is 0 Å². The molecule has 0 aliphatic heterocycles. The highest BCUT2D eigenvalue weighted by atomic mass is 16.5. The molecule has 0 fully saturated rings. The third-order valence-corrected chi connectivity index (χ3v) is 4.01. The summed E-state index contributed by atoms with van der Waals surface area (Å²) < 4.78 is 5.08. The maximum atomic E-state index is 5.08. The average Bonchev–Trinajstić information content (AvgIpc) is 2.86. The van der Waals surface area contributed by atoms with Gasteiger partial charge in [0.05, 0.1) is 5.69 Å². The van der Waals surface area contributed by atoms with Gasteiger partial charge in [0.2, 0.25) is 0 Å². The molecule has 122 valence electrons. The summed E-state index contributed by atoms with van der Waals surface area (Å²) in [6, 6.07) is 2.23. The van der Waals surface area contributed by atoms with E-state index in [9.17, 15) is 0 Å². The standard InChI is InChI=1S/C18H34N2O/c1-15(2)9-6-5-7-10-16(3)13-18-14-17(19-20-18)11-8-12-21-4/h14-16H,5-13H2,1-4H3,(H,19,20). The molecule has 0 aliphatic rings. The molecule has 1 unspecified atom stereocenters. The van der Waals surface area contributed by atoms with Crippen LogP contribution < -0.4 is 0 Å². The third-order valence-electron chi connectivity index (χ3n) is 4.01. The molecule has 0 aliphatic carbocycles. The lowest BCUT2D eigenvalue weighted by atomic mass is 9.96. The summed E-state index contributed by atoms with van der Waals surface area (Å²) in [7, 11) is 1.75. The van der Waals surface area contributed by atoms with Crippen molar-refractivity contribution in [1.29, 1.82) is 0 Å². The molecule has 0 amide bonds. The first-order valence-corrected chi connectivity index (χ1v) is 8.64. The molecule has 0 saturated heterocycles. The van der Waals surface area contributed by atoms with Gasteiger partial charge in [0.25, 0.3) is 0 Å². The minimum atomic E-state index is 0.747. The first kappa shape index (κ1) is 18.2. The Labute approximate surface area is 130 Å². The molecular weight excluding hydrogens is 260 g/mol. The van der Waals surface area contributed by atoms with Gasteiger partial charge in [0.15, 0.2) is 0 Å². The Morgan fingerprint density at radius 3 is 2.57 bits per heavy atom. The van der Waals surface area contributed by atoms with Crippen LogP contribution in [0.4, 0.5) is 0 Å². The van der Waals surface area contributed by atoms with Gasteiger partial charge in [0, 0.05) is 19.4 Å². The van der Waals surface area contributed by atoms with E-state index < -0.39 is 0 Å². The second-order valence-electron chi connectivity index (χ2n) is 6.82. The Hall–Kier alpha value is -0.830. The lowest BCUT2D eigenvalue weighted by Crippen LogP contribution is -2.00. The number of H-pyrrole nitrogens is 1. The molecule has 0 spiro atoms. The van der Waals surface area contributed by atoms with Gasteiger partial charge in [-0.2, -0.15) is 5.10 Å². The fourth-order valence-electron chi connectivity index (χ4n) is 2.74. The second-order valence-corrected chi connectivity index (χ2v) is 6.82. The van der Waals surface area contributed by atoms with Crippen LogP contribution in [0.5, 0.6) is 0 Å². The third kappa shape index (κ3) is 8.92. The SMILES string of the molecule is COCCCc1cc(CC(C)CCCCCC(C)C)[nH]n1. The molecule has 1 heterocycles. The molecular formula is C18H34N2O. The summed E-state index contributed by atoms with van der Waals surface area (Å²) in [4.78, 5) is 0. The molecule has 1 rings (SSSR count). The van der Waals surface area contributed by atoms with Crippen molar-refractivity contribution in [2.45, 2.75) is 72.1 Å². The molecule has 1 aromatic rings. The minimum absolute atomic E-state index is 0.747. The maximum Gasteiger partial charge on any atom is 0.0625 e. The van der Waals surface area contributed by atoms with E-state index in [1.165, 1.54) is 43.5 Å². The summed E-state index contributed by atoms with van der Waals surface area (Å²) in [5.41, 5.74) is 2.46. The van der Waals surface area contributed by atoms with Crippen LogP contribution in [-0.2, 0) is 17.6 Å². The zero-order chi connectivity index (χ0) is 15.5. The Morgan fingerprint density at radius 1 is 1.10 bits per heavy atom. The van der Waals surface area contributed by atoms with Gasteiger partial charge in [-0.1, -0.05) is 52.9 Å². The Bertz CT molecular complexity index is 360. The highest BCUT2D eigenvalue weighted by Gasteiger charge is 2.07. The van der Waals surface area contributed by atoms with E-state index in [-0.39, 0.29) is 0 Å². The van der Waals surface area contributed by atoms with E-state index in [0.717, 1.165) is 37.7 Å². The quantitative estimate of drug-likeness (QED) is 0.564. The average molecular weight is 294 g/mol. The molecule has 1 aromatic heterocycles. The van der Waals surface area contributed by atoms with Crippen molar-refractivity contribution in [3.63, 3.8) is 0 Å². The van der Waals surface area contributed by atoms with E-state index in [1.807, 2.05) is 0 Å². The number of hydrogen-bond donors (Lipinski definition) is 1. The highest BCUT2D eigenvalue weighted by Crippen LogP contribution is 2.17. The van der Waals surface area contributed by atoms with Crippen molar-refractivity contribution in [2.24, 2.45) is 11.8 Å². The van der Waals surface area contributed by atoms with Crippen LogP contribution in [0.15, 0.2) is 6.07 Å². The van der Waals surface area contributed by atoms with Crippen LogP contribution in [-0.4, -0.2) is 23.9 Å². The fraction of sp³-hybridized carbons (Fsp3) is 0.833. The minimum Gasteiger partial charge on any atom is -0.385 e. The zero-order valence-corrected chi connectivity index (χ0v) is 14.5. The zero-order valence-electron chi connectivity index (χ0n) is 14.5. The number of nitrogens with one attached hydrogen (secondary N) is 1. The maximum absolute atomic E-state index is 5.08. The van der Waals surface area contributed by atoms with Crippen molar-refractivity contribution in [3.8, 4) is 0 Å². The van der Waals surface area contributed by atoms with E-state index in [4.69, 9.17) is 4.74 Å². The summed E-state index contributed by atoms with van der Waals surface area (Å²) in [5, 5.41) is 7.58. The summed E-state index contributed by atoms with van der Waals surface area (Å²) >= 11 is 0. The highest BCUT2D eigenvalue weighted by molar-refractivity contribution is 5.09. The van der Waals surface area contributed by atoms with Crippen LogP contribution in [0.2, 0.25) is 0 Å². The predicted octanol–water partition coefficient (Wildman–Crippen LogP) is 4.77. The Balaban J connectivity index is 2.14. The molecule has 0 bridgehead atoms. The fourth-order valence-corrected chi connectivity index (χ4v) is 2.74. The number of aromatic amines is 1. The van der Waals surface area contributed by atoms with E-state index in [2.05, 4.69) is 37.0 Å². The summed E-state index contributed by atoms with van der Waals surface area (Å²) in [6.07, 6.45) is 10.0. The molecule has 0 radical (unpaired) electrons. The van der Waals surface area contributed by atoms with Crippen molar-refractivity contribution in [3.05, 3.63) is 17.5 Å². The lowest BCUT2D eigenvalue weighted by molar-refractivity contribution is 0.195. The number of unbranched alkanes of at least 4 members (excludes halogenated alkanes) is 2. The van der Waals surface area contributed by atoms with E-state index in [1.54, 1.807) is 7.11 Å². The van der Waals surface area contributed by atoms with Gasteiger partial charge < -0.3 is 4.74 Å². The number of hydrogen-bond acceptors (Lipinski definition) is 2. The molecule has 1 atom stereocenters. The number of nitrogens with zero attached hydrogens (tertiary/aromatic N) is 1. The predicted molar refractivity (Wildman–Crippen MR) is 89.6 cm³/mol. The summed E-state index contributed by atoms with van der Waals surface area (Å²) in [6.45, 7) is 7.79. The molecule has 1 N–H and O–H groups in total. The smallest absolute Gasteiger partial charge is 0.0625 e. The van der Waals surface area contributed by atoms with Gasteiger partial charge in [-0.05, 0) is 37.2 Å². The van der Waals surface area contributed by atoms with Crippen LogP contribution in [0.25, 0.3) is 0 Å². The van der Waals surface area contributed by atoms with Gasteiger partial charge in [-0.15, -0.1) is 0 Å². The molecule has 21 heavy (non-hydrogen) atoms. The Kier molecular flexibility index (Phi) is 9.40. The van der Waals surface area contributed by atoms with Crippen LogP contribution >= 0.6 is 0 Å². The Morgan fingerprint density at radius 2 is 1.86 bits per heavy atom. The topological polar surface area (TPSA) is 37.9 Å². The number of methoxy groups -OCH3 is 1.